The van der Waals surface area contributed by atoms with E-state index in [0.717, 1.165) is 11.8 Å². The number of primary amides is 1. The van der Waals surface area contributed by atoms with Gasteiger partial charge in [-0.2, -0.15) is 0 Å². The molecule has 0 aromatic heterocycles. The van der Waals surface area contributed by atoms with Crippen molar-refractivity contribution in [2.24, 2.45) is 5.73 Å². The molecule has 5 heteroatoms. The Morgan fingerprint density at radius 2 is 1.82 bits per heavy atom. The van der Waals surface area contributed by atoms with Gasteiger partial charge in [0.15, 0.2) is 0 Å². The van der Waals surface area contributed by atoms with Crippen molar-refractivity contribution in [3.05, 3.63) is 0 Å². The lowest BCUT2D eigenvalue weighted by atomic mass is 10.5. The Balaban J connectivity index is 3.84. The molecule has 64 valence electrons. The molecule has 0 spiro atoms. The number of rotatable bonds is 4. The molecule has 2 atom stereocenters. The van der Waals surface area contributed by atoms with Crippen LogP contribution in [0.25, 0.3) is 0 Å². The molecule has 11 heavy (non-hydrogen) atoms. The van der Waals surface area contributed by atoms with Crippen molar-refractivity contribution in [1.82, 2.24) is 0 Å². The fourth-order valence-electron chi connectivity index (χ4n) is 0.431. The number of aliphatic carboxylic acids is 1. The van der Waals surface area contributed by atoms with Crippen molar-refractivity contribution in [3.8, 4) is 0 Å². The fourth-order valence-corrected chi connectivity index (χ4v) is 1.29. The topological polar surface area (TPSA) is 80.4 Å². The zero-order valence-corrected chi connectivity index (χ0v) is 7.22. The molecule has 0 saturated carbocycles. The van der Waals surface area contributed by atoms with Crippen molar-refractivity contribution >= 4 is 23.6 Å². The molecule has 0 fully saturated rings. The zero-order chi connectivity index (χ0) is 9.02. The van der Waals surface area contributed by atoms with Crippen LogP contribution in [0.1, 0.15) is 13.8 Å². The van der Waals surface area contributed by atoms with Crippen LogP contribution in [0.2, 0.25) is 0 Å². The summed E-state index contributed by atoms with van der Waals surface area (Å²) in [4.78, 5) is 20.8. The number of hydrogen-bond acceptors (Lipinski definition) is 3. The highest BCUT2D eigenvalue weighted by Crippen LogP contribution is 2.16. The summed E-state index contributed by atoms with van der Waals surface area (Å²) in [7, 11) is 0. The van der Waals surface area contributed by atoms with Gasteiger partial charge < -0.3 is 10.8 Å². The monoisotopic (exact) mass is 177 g/mol. The second-order valence-electron chi connectivity index (χ2n) is 2.16. The summed E-state index contributed by atoms with van der Waals surface area (Å²) in [6.07, 6.45) is 0. The van der Waals surface area contributed by atoms with Crippen molar-refractivity contribution < 1.29 is 14.7 Å². The van der Waals surface area contributed by atoms with Gasteiger partial charge >= 0.3 is 5.97 Å². The molecular weight excluding hydrogens is 166 g/mol. The van der Waals surface area contributed by atoms with Gasteiger partial charge in [0, 0.05) is 0 Å². The highest BCUT2D eigenvalue weighted by molar-refractivity contribution is 8.01. The Hall–Kier alpha value is -0.710. The molecule has 3 N–H and O–H groups in total. The number of carbonyl (C=O) groups excluding carboxylic acids is 1. The van der Waals surface area contributed by atoms with Gasteiger partial charge in [0.05, 0.1) is 5.25 Å². The third-order valence-electron chi connectivity index (χ3n) is 1.16. The molecule has 0 bridgehead atoms. The van der Waals surface area contributed by atoms with Crippen LogP contribution in [-0.4, -0.2) is 27.5 Å². The van der Waals surface area contributed by atoms with E-state index in [1.165, 1.54) is 6.92 Å². The molecule has 0 aliphatic carbocycles. The predicted molar refractivity (Wildman–Crippen MR) is 43.3 cm³/mol. The molecule has 0 aromatic carbocycles. The lowest BCUT2D eigenvalue weighted by Crippen LogP contribution is -2.26. The maximum atomic E-state index is 10.5. The second-order valence-corrected chi connectivity index (χ2v) is 3.85. The normalized spacial score (nSPS) is 15.5. The first-order valence-corrected chi connectivity index (χ1v) is 4.07. The summed E-state index contributed by atoms with van der Waals surface area (Å²) in [6, 6.07) is 0. The van der Waals surface area contributed by atoms with Crippen LogP contribution >= 0.6 is 11.8 Å². The summed E-state index contributed by atoms with van der Waals surface area (Å²) >= 11 is 1.04. The first kappa shape index (κ1) is 10.3. The van der Waals surface area contributed by atoms with Crippen LogP contribution in [0, 0.1) is 0 Å². The SMILES string of the molecule is CC(SC(C)C(=O)O)C(N)=O. The highest BCUT2D eigenvalue weighted by atomic mass is 32.2. The van der Waals surface area contributed by atoms with E-state index < -0.39 is 22.4 Å². The number of hydrogen-bond donors (Lipinski definition) is 2. The highest BCUT2D eigenvalue weighted by Gasteiger charge is 2.18. The Labute approximate surface area is 69.1 Å². The predicted octanol–water partition coefficient (Wildman–Crippen LogP) is 0.0665. The zero-order valence-electron chi connectivity index (χ0n) is 6.40. The largest absolute Gasteiger partial charge is 0.480 e. The van der Waals surface area contributed by atoms with E-state index in [0.29, 0.717) is 0 Å². The molecule has 1 amide bonds. The van der Waals surface area contributed by atoms with Crippen molar-refractivity contribution in [1.29, 1.82) is 0 Å². The number of carboxylic acid groups (broad SMARTS) is 1. The van der Waals surface area contributed by atoms with Crippen LogP contribution in [0.4, 0.5) is 0 Å². The summed E-state index contributed by atoms with van der Waals surface area (Å²) in [5, 5.41) is 7.41. The van der Waals surface area contributed by atoms with E-state index in [1.54, 1.807) is 6.92 Å². The average molecular weight is 177 g/mol. The van der Waals surface area contributed by atoms with Crippen molar-refractivity contribution in [2.45, 2.75) is 24.3 Å². The molecule has 4 nitrogen and oxygen atoms in total. The third-order valence-corrected chi connectivity index (χ3v) is 2.41. The second kappa shape index (κ2) is 4.23. The summed E-state index contributed by atoms with van der Waals surface area (Å²) in [5.74, 6) is -1.41. The minimum Gasteiger partial charge on any atom is -0.480 e. The van der Waals surface area contributed by atoms with Gasteiger partial charge in [0.2, 0.25) is 5.91 Å². The Morgan fingerprint density at radius 1 is 1.36 bits per heavy atom. The maximum absolute atomic E-state index is 10.5. The van der Waals surface area contributed by atoms with Crippen LogP contribution in [0.3, 0.4) is 0 Å². The number of thioether (sulfide) groups is 1. The van der Waals surface area contributed by atoms with E-state index in [9.17, 15) is 9.59 Å². The molecule has 0 heterocycles. The van der Waals surface area contributed by atoms with Gasteiger partial charge in [0.25, 0.3) is 0 Å². The van der Waals surface area contributed by atoms with Gasteiger partial charge in [-0.25, -0.2) is 0 Å². The Bertz CT molecular complexity index is 153. The summed E-state index contributed by atoms with van der Waals surface area (Å²) in [5.41, 5.74) is 4.93. The van der Waals surface area contributed by atoms with E-state index in [1.807, 2.05) is 0 Å². The molecular formula is C6H11NO3S. The smallest absolute Gasteiger partial charge is 0.316 e. The summed E-state index contributed by atoms with van der Waals surface area (Å²) in [6.45, 7) is 3.11. The van der Waals surface area contributed by atoms with E-state index in [4.69, 9.17) is 10.8 Å². The molecule has 0 aliphatic rings. The first-order chi connectivity index (χ1) is 4.95. The Morgan fingerprint density at radius 3 is 2.09 bits per heavy atom. The van der Waals surface area contributed by atoms with Gasteiger partial charge in [-0.3, -0.25) is 9.59 Å². The van der Waals surface area contributed by atoms with Crippen molar-refractivity contribution in [3.63, 3.8) is 0 Å². The molecule has 2 unspecified atom stereocenters. The number of carboxylic acids is 1. The molecule has 0 aromatic rings. The molecule has 0 radical (unpaired) electrons. The lowest BCUT2D eigenvalue weighted by Gasteiger charge is -2.09. The minimum absolute atomic E-state index is 0.443. The third kappa shape index (κ3) is 3.87. The Kier molecular flexibility index (Phi) is 3.95. The molecule has 0 saturated heterocycles. The van der Waals surface area contributed by atoms with Crippen LogP contribution in [0.5, 0.6) is 0 Å². The maximum Gasteiger partial charge on any atom is 0.316 e. The van der Waals surface area contributed by atoms with Gasteiger partial charge in [-0.05, 0) is 13.8 Å². The lowest BCUT2D eigenvalue weighted by molar-refractivity contribution is -0.136. The van der Waals surface area contributed by atoms with Crippen LogP contribution in [-0.2, 0) is 9.59 Å². The first-order valence-electron chi connectivity index (χ1n) is 3.12. The molecule has 0 rings (SSSR count). The summed E-state index contributed by atoms with van der Waals surface area (Å²) < 4.78 is 0. The van der Waals surface area contributed by atoms with E-state index in [-0.39, 0.29) is 0 Å². The minimum atomic E-state index is -0.928. The van der Waals surface area contributed by atoms with Crippen LogP contribution < -0.4 is 5.73 Å². The number of carbonyl (C=O) groups is 2. The van der Waals surface area contributed by atoms with E-state index >= 15 is 0 Å². The fraction of sp³-hybridized carbons (Fsp3) is 0.667. The quantitative estimate of drug-likeness (QED) is 0.636. The van der Waals surface area contributed by atoms with Gasteiger partial charge in [0.1, 0.15) is 5.25 Å². The number of nitrogens with two attached hydrogens (primary N) is 1. The standard InChI is InChI=1S/C6H11NO3S/c1-3(5(7)8)11-4(2)6(9)10/h3-4H,1-2H3,(H2,7,8)(H,9,10). The van der Waals surface area contributed by atoms with E-state index in [2.05, 4.69) is 0 Å². The molecule has 0 aliphatic heterocycles. The van der Waals surface area contributed by atoms with Gasteiger partial charge in [-0.1, -0.05) is 0 Å². The average Bonchev–Trinajstić information content (AvgIpc) is 1.87. The van der Waals surface area contributed by atoms with Crippen LogP contribution in [0.15, 0.2) is 0 Å². The van der Waals surface area contributed by atoms with Crippen molar-refractivity contribution in [2.75, 3.05) is 0 Å². The number of amides is 1. The van der Waals surface area contributed by atoms with Gasteiger partial charge in [-0.15, -0.1) is 11.8 Å².